The average Bonchev–Trinajstić information content (AvgIpc) is 3.20. The Morgan fingerprint density at radius 1 is 0.554 bits per heavy atom. The second-order valence-corrected chi connectivity index (χ2v) is 16.6. The summed E-state index contributed by atoms with van der Waals surface area (Å²) < 4.78 is 22.8. The first-order valence-electron chi connectivity index (χ1n) is 23.8. The van der Waals surface area contributed by atoms with Crippen LogP contribution in [-0.2, 0) is 23.7 Å². The Hall–Kier alpha value is -1.07. The summed E-state index contributed by atoms with van der Waals surface area (Å²) in [5.41, 5.74) is 0. The van der Waals surface area contributed by atoms with E-state index in [0.717, 1.165) is 44.9 Å². The lowest BCUT2D eigenvalue weighted by atomic mass is 9.99. The third-order valence-corrected chi connectivity index (χ3v) is 11.2. The SMILES string of the molecule is CCCCCCCC/C=C\CCCCCCCC(=O)OC(COCCCCCCCCCCCCCCCCCCCC)COC1OC(CO)C(O)C(O)C1O. The van der Waals surface area contributed by atoms with E-state index in [2.05, 4.69) is 26.0 Å². The second kappa shape index (κ2) is 39.4. The molecule has 0 radical (unpaired) electrons. The van der Waals surface area contributed by atoms with Crippen molar-refractivity contribution in [3.8, 4) is 0 Å². The van der Waals surface area contributed by atoms with Crippen molar-refractivity contribution in [2.75, 3.05) is 26.4 Å². The maximum Gasteiger partial charge on any atom is 0.306 e. The van der Waals surface area contributed by atoms with Gasteiger partial charge in [0.15, 0.2) is 6.29 Å². The van der Waals surface area contributed by atoms with Crippen molar-refractivity contribution in [2.45, 2.75) is 256 Å². The highest BCUT2D eigenvalue weighted by atomic mass is 16.7. The molecule has 1 aliphatic heterocycles. The van der Waals surface area contributed by atoms with Gasteiger partial charge >= 0.3 is 5.97 Å². The van der Waals surface area contributed by atoms with Gasteiger partial charge in [-0.1, -0.05) is 187 Å². The number of rotatable bonds is 41. The molecule has 9 heteroatoms. The molecule has 1 heterocycles. The van der Waals surface area contributed by atoms with E-state index in [0.29, 0.717) is 13.0 Å². The second-order valence-electron chi connectivity index (χ2n) is 16.6. The van der Waals surface area contributed by atoms with Crippen molar-refractivity contribution in [3.05, 3.63) is 12.2 Å². The molecule has 332 valence electrons. The highest BCUT2D eigenvalue weighted by Crippen LogP contribution is 2.23. The molecule has 0 spiro atoms. The third kappa shape index (κ3) is 30.0. The molecule has 0 amide bonds. The van der Waals surface area contributed by atoms with E-state index in [1.807, 2.05) is 0 Å². The topological polar surface area (TPSA) is 135 Å². The van der Waals surface area contributed by atoms with Crippen molar-refractivity contribution in [3.63, 3.8) is 0 Å². The van der Waals surface area contributed by atoms with E-state index in [-0.39, 0.29) is 19.2 Å². The molecule has 1 rings (SSSR count). The number of aliphatic hydroxyl groups is 4. The van der Waals surface area contributed by atoms with Gasteiger partial charge in [0.25, 0.3) is 0 Å². The van der Waals surface area contributed by atoms with Crippen molar-refractivity contribution >= 4 is 5.97 Å². The fourth-order valence-electron chi connectivity index (χ4n) is 7.43. The maximum absolute atomic E-state index is 12.8. The number of hydrogen-bond acceptors (Lipinski definition) is 9. The summed E-state index contributed by atoms with van der Waals surface area (Å²) in [5.74, 6) is -0.318. The Bertz CT molecular complexity index is 869. The number of unbranched alkanes of at least 4 members (excludes halogenated alkanes) is 28. The van der Waals surface area contributed by atoms with Crippen molar-refractivity contribution < 1.29 is 44.2 Å². The molecule has 6 atom stereocenters. The van der Waals surface area contributed by atoms with E-state index < -0.39 is 43.4 Å². The standard InChI is InChI=1S/C47H90O9/c1-3-5-7-9-11-13-15-17-19-20-21-23-25-27-29-31-33-35-37-53-39-41(40-54-47-46(52)45(51)44(50)42(38-48)56-47)55-43(49)36-34-32-30-28-26-24-22-18-16-14-12-10-8-6-4-2/h18,22,41-42,44-48,50-52H,3-17,19-21,23-40H2,1-2H3/b22-18-. The predicted octanol–water partition coefficient (Wildman–Crippen LogP) is 10.8. The van der Waals surface area contributed by atoms with Crippen LogP contribution >= 0.6 is 0 Å². The van der Waals surface area contributed by atoms with Crippen LogP contribution in [0.1, 0.15) is 219 Å². The number of allylic oxidation sites excluding steroid dienone is 2. The monoisotopic (exact) mass is 799 g/mol. The Morgan fingerprint density at radius 3 is 1.45 bits per heavy atom. The van der Waals surface area contributed by atoms with E-state index >= 15 is 0 Å². The van der Waals surface area contributed by atoms with Gasteiger partial charge in [-0.2, -0.15) is 0 Å². The fraction of sp³-hybridized carbons (Fsp3) is 0.936. The minimum atomic E-state index is -1.53. The number of aliphatic hydroxyl groups excluding tert-OH is 4. The molecule has 0 saturated carbocycles. The molecule has 0 bridgehead atoms. The summed E-state index contributed by atoms with van der Waals surface area (Å²) in [6.45, 7) is 4.58. The summed E-state index contributed by atoms with van der Waals surface area (Å²) in [4.78, 5) is 12.8. The third-order valence-electron chi connectivity index (χ3n) is 11.2. The minimum Gasteiger partial charge on any atom is -0.457 e. The maximum atomic E-state index is 12.8. The van der Waals surface area contributed by atoms with Crippen LogP contribution in [0.15, 0.2) is 12.2 Å². The zero-order chi connectivity index (χ0) is 40.7. The number of carbonyl (C=O) groups excluding carboxylic acids is 1. The molecule has 56 heavy (non-hydrogen) atoms. The largest absolute Gasteiger partial charge is 0.457 e. The molecule has 0 aromatic carbocycles. The number of esters is 1. The molecule has 6 unspecified atom stereocenters. The highest BCUT2D eigenvalue weighted by molar-refractivity contribution is 5.69. The van der Waals surface area contributed by atoms with Crippen LogP contribution < -0.4 is 0 Å². The molecule has 0 aromatic heterocycles. The quantitative estimate of drug-likeness (QED) is 0.0271. The van der Waals surface area contributed by atoms with Crippen LogP contribution in [0.5, 0.6) is 0 Å². The number of ether oxygens (including phenoxy) is 4. The van der Waals surface area contributed by atoms with Gasteiger partial charge in [0, 0.05) is 13.0 Å². The minimum absolute atomic E-state index is 0.111. The van der Waals surface area contributed by atoms with Gasteiger partial charge in [0.05, 0.1) is 19.8 Å². The van der Waals surface area contributed by atoms with Crippen molar-refractivity contribution in [1.82, 2.24) is 0 Å². The first-order valence-corrected chi connectivity index (χ1v) is 23.8. The zero-order valence-electron chi connectivity index (χ0n) is 36.4. The molecule has 1 aliphatic rings. The Morgan fingerprint density at radius 2 is 0.982 bits per heavy atom. The lowest BCUT2D eigenvalue weighted by Crippen LogP contribution is -2.59. The van der Waals surface area contributed by atoms with Gasteiger partial charge in [-0.3, -0.25) is 4.79 Å². The van der Waals surface area contributed by atoms with Gasteiger partial charge < -0.3 is 39.4 Å². The van der Waals surface area contributed by atoms with Gasteiger partial charge in [-0.05, 0) is 38.5 Å². The lowest BCUT2D eigenvalue weighted by molar-refractivity contribution is -0.305. The zero-order valence-corrected chi connectivity index (χ0v) is 36.4. The molecule has 1 saturated heterocycles. The smallest absolute Gasteiger partial charge is 0.306 e. The van der Waals surface area contributed by atoms with Crippen LogP contribution in [-0.4, -0.2) is 89.6 Å². The fourth-order valence-corrected chi connectivity index (χ4v) is 7.43. The Balaban J connectivity index is 2.23. The van der Waals surface area contributed by atoms with Crippen molar-refractivity contribution in [1.29, 1.82) is 0 Å². The number of carbonyl (C=O) groups is 1. The normalized spacial score (nSPS) is 20.6. The summed E-state index contributed by atoms with van der Waals surface area (Å²) >= 11 is 0. The van der Waals surface area contributed by atoms with Crippen LogP contribution in [0.3, 0.4) is 0 Å². The van der Waals surface area contributed by atoms with Gasteiger partial charge in [-0.15, -0.1) is 0 Å². The van der Waals surface area contributed by atoms with E-state index in [4.69, 9.17) is 18.9 Å². The van der Waals surface area contributed by atoms with Gasteiger partial charge in [-0.25, -0.2) is 0 Å². The molecule has 0 aromatic rings. The van der Waals surface area contributed by atoms with Gasteiger partial charge in [0.1, 0.15) is 30.5 Å². The summed E-state index contributed by atoms with van der Waals surface area (Å²) in [6, 6.07) is 0. The van der Waals surface area contributed by atoms with Crippen LogP contribution in [0, 0.1) is 0 Å². The molecular weight excluding hydrogens is 709 g/mol. The Labute approximate surface area is 344 Å². The van der Waals surface area contributed by atoms with Gasteiger partial charge in [0.2, 0.25) is 0 Å². The highest BCUT2D eigenvalue weighted by Gasteiger charge is 2.44. The molecule has 0 aliphatic carbocycles. The lowest BCUT2D eigenvalue weighted by Gasteiger charge is -2.39. The first-order chi connectivity index (χ1) is 27.4. The summed E-state index contributed by atoms with van der Waals surface area (Å²) in [5, 5.41) is 40.1. The first kappa shape index (κ1) is 52.9. The van der Waals surface area contributed by atoms with E-state index in [1.54, 1.807) is 0 Å². The molecule has 4 N–H and O–H groups in total. The molecule has 9 nitrogen and oxygen atoms in total. The average molecular weight is 799 g/mol. The van der Waals surface area contributed by atoms with E-state index in [1.165, 1.54) is 154 Å². The molecule has 1 fully saturated rings. The molecular formula is C47H90O9. The van der Waals surface area contributed by atoms with Crippen LogP contribution in [0.4, 0.5) is 0 Å². The predicted molar refractivity (Wildman–Crippen MR) is 229 cm³/mol. The van der Waals surface area contributed by atoms with Crippen LogP contribution in [0.25, 0.3) is 0 Å². The van der Waals surface area contributed by atoms with E-state index in [9.17, 15) is 25.2 Å². The van der Waals surface area contributed by atoms with Crippen molar-refractivity contribution in [2.24, 2.45) is 0 Å². The number of hydrogen-bond donors (Lipinski definition) is 4. The Kier molecular flexibility index (Phi) is 37.2. The summed E-state index contributed by atoms with van der Waals surface area (Å²) in [6.07, 6.45) is 36.6. The van der Waals surface area contributed by atoms with Crippen LogP contribution in [0.2, 0.25) is 0 Å². The summed E-state index contributed by atoms with van der Waals surface area (Å²) in [7, 11) is 0.